The van der Waals surface area contributed by atoms with Crippen LogP contribution < -0.4 is 10.6 Å². The molecule has 2 N–H and O–H groups in total. The van der Waals surface area contributed by atoms with Crippen LogP contribution in [-0.2, 0) is 0 Å². The summed E-state index contributed by atoms with van der Waals surface area (Å²) in [5.41, 5.74) is 3.81. The molecule has 0 heterocycles. The summed E-state index contributed by atoms with van der Waals surface area (Å²) in [5, 5.41) is 7.87. The summed E-state index contributed by atoms with van der Waals surface area (Å²) in [6, 6.07) is 9.33. The molecule has 21 heavy (non-hydrogen) atoms. The number of benzene rings is 2. The molecule has 6 heteroatoms. The van der Waals surface area contributed by atoms with Crippen LogP contribution in [-0.4, -0.2) is 5.11 Å². The number of rotatable bonds is 2. The molecule has 0 unspecified atom stereocenters. The van der Waals surface area contributed by atoms with Crippen LogP contribution in [0.15, 0.2) is 30.3 Å². The molecule has 0 fully saturated rings. The third-order valence-electron chi connectivity index (χ3n) is 2.90. The van der Waals surface area contributed by atoms with Gasteiger partial charge in [-0.3, -0.25) is 0 Å². The van der Waals surface area contributed by atoms with Crippen LogP contribution in [0.25, 0.3) is 0 Å². The van der Waals surface area contributed by atoms with Gasteiger partial charge in [0.15, 0.2) is 5.11 Å². The molecule has 0 atom stereocenters. The molecule has 0 aliphatic heterocycles. The van der Waals surface area contributed by atoms with Crippen molar-refractivity contribution in [3.63, 3.8) is 0 Å². The first kappa shape index (κ1) is 16.4. The summed E-state index contributed by atoms with van der Waals surface area (Å²) in [6.45, 7) is 4.04. The average molecular weight is 360 g/mol. The lowest BCUT2D eigenvalue weighted by Crippen LogP contribution is -2.20. The van der Waals surface area contributed by atoms with E-state index in [1.54, 1.807) is 12.1 Å². The fourth-order valence-corrected chi connectivity index (χ4v) is 2.58. The first-order chi connectivity index (χ1) is 9.86. The van der Waals surface area contributed by atoms with Gasteiger partial charge in [0.1, 0.15) is 0 Å². The molecule has 0 bridgehead atoms. The molecule has 0 saturated heterocycles. The lowest BCUT2D eigenvalue weighted by atomic mass is 10.1. The first-order valence-corrected chi connectivity index (χ1v) is 7.71. The van der Waals surface area contributed by atoms with Crippen molar-refractivity contribution in [2.75, 3.05) is 10.6 Å². The molecule has 2 aromatic carbocycles. The van der Waals surface area contributed by atoms with Crippen LogP contribution in [0.3, 0.4) is 0 Å². The molecule has 110 valence electrons. The lowest BCUT2D eigenvalue weighted by Gasteiger charge is -2.14. The Morgan fingerprint density at radius 3 is 2.19 bits per heavy atom. The molecule has 2 rings (SSSR count). The molecule has 0 saturated carbocycles. The van der Waals surface area contributed by atoms with Crippen LogP contribution in [0.5, 0.6) is 0 Å². The molecular weight excluding hydrogens is 347 g/mol. The molecule has 0 amide bonds. The van der Waals surface area contributed by atoms with E-state index in [0.29, 0.717) is 25.9 Å². The van der Waals surface area contributed by atoms with Crippen LogP contribution in [0.1, 0.15) is 11.1 Å². The van der Waals surface area contributed by atoms with Gasteiger partial charge in [-0.25, -0.2) is 0 Å². The lowest BCUT2D eigenvalue weighted by molar-refractivity contribution is 1.39. The van der Waals surface area contributed by atoms with E-state index in [0.717, 1.165) is 16.8 Å². The number of hydrogen-bond acceptors (Lipinski definition) is 1. The van der Waals surface area contributed by atoms with E-state index in [1.807, 2.05) is 32.0 Å². The Morgan fingerprint density at radius 2 is 1.48 bits per heavy atom. The summed E-state index contributed by atoms with van der Waals surface area (Å²) in [4.78, 5) is 0. The maximum absolute atomic E-state index is 6.11. The average Bonchev–Trinajstić information content (AvgIpc) is 2.40. The predicted octanol–water partition coefficient (Wildman–Crippen LogP) is 6.07. The van der Waals surface area contributed by atoms with E-state index in [1.165, 1.54) is 0 Å². The second-order valence-corrected chi connectivity index (χ2v) is 6.27. The van der Waals surface area contributed by atoms with Gasteiger partial charge in [0, 0.05) is 5.69 Å². The predicted molar refractivity (Wildman–Crippen MR) is 97.2 cm³/mol. The maximum Gasteiger partial charge on any atom is 0.175 e. The third-order valence-corrected chi connectivity index (χ3v) is 4.14. The van der Waals surface area contributed by atoms with Crippen molar-refractivity contribution in [2.24, 2.45) is 0 Å². The topological polar surface area (TPSA) is 24.1 Å². The molecule has 0 spiro atoms. The fraction of sp³-hybridized carbons (Fsp3) is 0.133. The largest absolute Gasteiger partial charge is 0.332 e. The zero-order valence-electron chi connectivity index (χ0n) is 11.4. The second kappa shape index (κ2) is 6.84. The first-order valence-electron chi connectivity index (χ1n) is 6.16. The standard InChI is InChI=1S/C15H13Cl3N2S/c1-8-3-4-9(2)13(5-8)19-15(21)20-14-7-11(17)10(16)6-12(14)18/h3-7H,1-2H3,(H2,19,20,21). The van der Waals surface area contributed by atoms with Crippen molar-refractivity contribution in [3.05, 3.63) is 56.5 Å². The van der Waals surface area contributed by atoms with Crippen molar-refractivity contribution in [3.8, 4) is 0 Å². The zero-order chi connectivity index (χ0) is 15.6. The van der Waals surface area contributed by atoms with Gasteiger partial charge in [-0.2, -0.15) is 0 Å². The van der Waals surface area contributed by atoms with Crippen molar-refractivity contribution in [1.29, 1.82) is 0 Å². The van der Waals surface area contributed by atoms with Crippen LogP contribution >= 0.6 is 47.0 Å². The Labute approximate surface area is 144 Å². The van der Waals surface area contributed by atoms with Crippen molar-refractivity contribution >= 4 is 63.5 Å². The number of anilines is 2. The highest BCUT2D eigenvalue weighted by atomic mass is 35.5. The molecule has 0 radical (unpaired) electrons. The van der Waals surface area contributed by atoms with Crippen LogP contribution in [0.4, 0.5) is 11.4 Å². The Balaban J connectivity index is 2.15. The Bertz CT molecular complexity index is 702. The summed E-state index contributed by atoms with van der Waals surface area (Å²) < 4.78 is 0. The van der Waals surface area contributed by atoms with E-state index in [2.05, 4.69) is 10.6 Å². The van der Waals surface area contributed by atoms with E-state index < -0.39 is 0 Å². The highest BCUT2D eigenvalue weighted by Crippen LogP contribution is 2.32. The smallest absolute Gasteiger partial charge is 0.175 e. The molecule has 0 aliphatic rings. The van der Waals surface area contributed by atoms with Gasteiger partial charge >= 0.3 is 0 Å². The number of hydrogen-bond donors (Lipinski definition) is 2. The van der Waals surface area contributed by atoms with Gasteiger partial charge < -0.3 is 10.6 Å². The molecular formula is C15H13Cl3N2S. The quantitative estimate of drug-likeness (QED) is 0.502. The van der Waals surface area contributed by atoms with Gasteiger partial charge in [0.25, 0.3) is 0 Å². The zero-order valence-corrected chi connectivity index (χ0v) is 14.5. The highest BCUT2D eigenvalue weighted by molar-refractivity contribution is 7.80. The van der Waals surface area contributed by atoms with Crippen molar-refractivity contribution in [2.45, 2.75) is 13.8 Å². The summed E-state index contributed by atoms with van der Waals surface area (Å²) in [6.07, 6.45) is 0. The van der Waals surface area contributed by atoms with Gasteiger partial charge in [0.05, 0.1) is 20.8 Å². The van der Waals surface area contributed by atoms with E-state index >= 15 is 0 Å². The number of halogens is 3. The van der Waals surface area contributed by atoms with Crippen LogP contribution in [0.2, 0.25) is 15.1 Å². The Morgan fingerprint density at radius 1 is 0.857 bits per heavy atom. The third kappa shape index (κ3) is 4.24. The number of thiocarbonyl (C=S) groups is 1. The van der Waals surface area contributed by atoms with E-state index in [9.17, 15) is 0 Å². The number of nitrogens with one attached hydrogen (secondary N) is 2. The molecule has 2 aromatic rings. The Hall–Kier alpha value is -1.000. The van der Waals surface area contributed by atoms with Crippen molar-refractivity contribution in [1.82, 2.24) is 0 Å². The van der Waals surface area contributed by atoms with Gasteiger partial charge in [-0.15, -0.1) is 0 Å². The SMILES string of the molecule is Cc1ccc(C)c(NC(=S)Nc2cc(Cl)c(Cl)cc2Cl)c1. The highest BCUT2D eigenvalue weighted by Gasteiger charge is 2.08. The fourth-order valence-electron chi connectivity index (χ4n) is 1.76. The number of aryl methyl sites for hydroxylation is 2. The van der Waals surface area contributed by atoms with Crippen molar-refractivity contribution < 1.29 is 0 Å². The van der Waals surface area contributed by atoms with Gasteiger partial charge in [-0.05, 0) is 55.4 Å². The molecule has 2 nitrogen and oxygen atoms in total. The van der Waals surface area contributed by atoms with E-state index in [-0.39, 0.29) is 0 Å². The normalized spacial score (nSPS) is 10.3. The van der Waals surface area contributed by atoms with Gasteiger partial charge in [-0.1, -0.05) is 46.9 Å². The minimum absolute atomic E-state index is 0.403. The second-order valence-electron chi connectivity index (χ2n) is 4.64. The van der Waals surface area contributed by atoms with E-state index in [4.69, 9.17) is 47.0 Å². The minimum atomic E-state index is 0.403. The monoisotopic (exact) mass is 358 g/mol. The summed E-state index contributed by atoms with van der Waals surface area (Å²) in [5.74, 6) is 0. The maximum atomic E-state index is 6.11. The molecule has 0 aromatic heterocycles. The van der Waals surface area contributed by atoms with Crippen LogP contribution in [0, 0.1) is 13.8 Å². The molecule has 0 aliphatic carbocycles. The van der Waals surface area contributed by atoms with Gasteiger partial charge in [0.2, 0.25) is 0 Å². The minimum Gasteiger partial charge on any atom is -0.332 e. The summed E-state index contributed by atoms with van der Waals surface area (Å²) in [7, 11) is 0. The summed E-state index contributed by atoms with van der Waals surface area (Å²) >= 11 is 23.3. The Kier molecular flexibility index (Phi) is 5.33.